The van der Waals surface area contributed by atoms with Crippen LogP contribution in [0.25, 0.3) is 0 Å². The van der Waals surface area contributed by atoms with E-state index in [1.165, 1.54) is 25.7 Å². The average Bonchev–Trinajstić information content (AvgIpc) is 2.94. The molecule has 17 heavy (non-hydrogen) atoms. The van der Waals surface area contributed by atoms with E-state index in [9.17, 15) is 0 Å². The maximum absolute atomic E-state index is 6.39. The van der Waals surface area contributed by atoms with Crippen LogP contribution in [0.2, 0.25) is 5.02 Å². The smallest absolute Gasteiger partial charge is 0.0621 e. The molecule has 1 aromatic rings. The van der Waals surface area contributed by atoms with Gasteiger partial charge in [0.05, 0.1) is 5.02 Å². The molecule has 4 atom stereocenters. The summed E-state index contributed by atoms with van der Waals surface area (Å²) in [5.41, 5.74) is 7.54. The molecule has 0 spiro atoms. The topological polar surface area (TPSA) is 38.9 Å². The van der Waals surface area contributed by atoms with Crippen molar-refractivity contribution < 1.29 is 0 Å². The van der Waals surface area contributed by atoms with Crippen molar-refractivity contribution in [3.8, 4) is 0 Å². The zero-order valence-corrected chi connectivity index (χ0v) is 10.7. The van der Waals surface area contributed by atoms with Crippen LogP contribution < -0.4 is 5.73 Å². The molecule has 4 unspecified atom stereocenters. The Labute approximate surface area is 108 Å². The van der Waals surface area contributed by atoms with Gasteiger partial charge >= 0.3 is 0 Å². The minimum Gasteiger partial charge on any atom is -0.327 e. The van der Waals surface area contributed by atoms with Crippen LogP contribution >= 0.6 is 11.6 Å². The summed E-state index contributed by atoms with van der Waals surface area (Å²) in [4.78, 5) is 4.02. The highest BCUT2D eigenvalue weighted by molar-refractivity contribution is 6.31. The van der Waals surface area contributed by atoms with Crippen LogP contribution in [0.15, 0.2) is 18.5 Å². The molecule has 3 heteroatoms. The van der Waals surface area contributed by atoms with Crippen LogP contribution in [0.5, 0.6) is 0 Å². The number of nitrogens with zero attached hydrogens (tertiary/aromatic N) is 1. The lowest BCUT2D eigenvalue weighted by Crippen LogP contribution is -2.35. The molecule has 0 aromatic carbocycles. The maximum atomic E-state index is 6.39. The zero-order valence-electron chi connectivity index (χ0n) is 9.98. The minimum atomic E-state index is 0.269. The number of fused-ring (bicyclic) bond motifs is 2. The van der Waals surface area contributed by atoms with Crippen LogP contribution in [0.1, 0.15) is 31.2 Å². The summed E-state index contributed by atoms with van der Waals surface area (Å²) in [6.45, 7) is 0. The first-order valence-electron chi connectivity index (χ1n) is 6.58. The SMILES string of the molecule is NC(Cc1ccncc1Cl)C1CC2CCC1C2. The number of hydrogen-bond acceptors (Lipinski definition) is 2. The van der Waals surface area contributed by atoms with E-state index >= 15 is 0 Å². The first-order valence-corrected chi connectivity index (χ1v) is 6.96. The summed E-state index contributed by atoms with van der Waals surface area (Å²) in [6, 6.07) is 2.26. The molecule has 2 nitrogen and oxygen atoms in total. The Kier molecular flexibility index (Phi) is 3.10. The van der Waals surface area contributed by atoms with Gasteiger partial charge < -0.3 is 5.73 Å². The van der Waals surface area contributed by atoms with Crippen molar-refractivity contribution in [2.75, 3.05) is 0 Å². The van der Waals surface area contributed by atoms with E-state index in [-0.39, 0.29) is 6.04 Å². The quantitative estimate of drug-likeness (QED) is 0.896. The van der Waals surface area contributed by atoms with E-state index < -0.39 is 0 Å². The molecular formula is C14H19ClN2. The summed E-state index contributed by atoms with van der Waals surface area (Å²) in [5, 5.41) is 0.756. The fourth-order valence-electron chi connectivity index (χ4n) is 3.79. The Hall–Kier alpha value is -0.600. The Balaban J connectivity index is 1.68. The van der Waals surface area contributed by atoms with E-state index in [1.54, 1.807) is 12.4 Å². The fraction of sp³-hybridized carbons (Fsp3) is 0.643. The van der Waals surface area contributed by atoms with Crippen molar-refractivity contribution in [2.45, 2.75) is 38.1 Å². The van der Waals surface area contributed by atoms with Crippen molar-refractivity contribution in [1.82, 2.24) is 4.98 Å². The van der Waals surface area contributed by atoms with Gasteiger partial charge in [-0.05, 0) is 55.1 Å². The van der Waals surface area contributed by atoms with Crippen LogP contribution in [0.4, 0.5) is 0 Å². The third-order valence-electron chi connectivity index (χ3n) is 4.65. The molecule has 2 N–H and O–H groups in total. The van der Waals surface area contributed by atoms with Gasteiger partial charge in [-0.25, -0.2) is 0 Å². The Morgan fingerprint density at radius 2 is 2.29 bits per heavy atom. The van der Waals surface area contributed by atoms with Gasteiger partial charge in [-0.1, -0.05) is 18.0 Å². The maximum Gasteiger partial charge on any atom is 0.0621 e. The molecule has 1 heterocycles. The van der Waals surface area contributed by atoms with E-state index in [1.807, 2.05) is 6.07 Å². The largest absolute Gasteiger partial charge is 0.327 e. The molecule has 92 valence electrons. The van der Waals surface area contributed by atoms with E-state index in [4.69, 9.17) is 17.3 Å². The van der Waals surface area contributed by atoms with Crippen molar-refractivity contribution in [2.24, 2.45) is 23.5 Å². The zero-order chi connectivity index (χ0) is 11.8. The normalized spacial score (nSPS) is 32.9. The summed E-state index contributed by atoms with van der Waals surface area (Å²) >= 11 is 6.14. The first kappa shape index (κ1) is 11.5. The molecule has 2 aliphatic rings. The second-order valence-corrected chi connectivity index (χ2v) is 6.08. The number of pyridine rings is 1. The van der Waals surface area contributed by atoms with Crippen molar-refractivity contribution in [1.29, 1.82) is 0 Å². The predicted octanol–water partition coefficient (Wildman–Crippen LogP) is 3.04. The van der Waals surface area contributed by atoms with Gasteiger partial charge in [-0.2, -0.15) is 0 Å². The molecule has 0 amide bonds. The Bertz CT molecular complexity index is 407. The number of rotatable bonds is 3. The molecule has 2 saturated carbocycles. The lowest BCUT2D eigenvalue weighted by Gasteiger charge is -2.28. The molecule has 2 bridgehead atoms. The molecule has 0 aliphatic heterocycles. The summed E-state index contributed by atoms with van der Waals surface area (Å²) in [7, 11) is 0. The second-order valence-electron chi connectivity index (χ2n) is 5.67. The van der Waals surface area contributed by atoms with Gasteiger partial charge in [0.1, 0.15) is 0 Å². The fourth-order valence-corrected chi connectivity index (χ4v) is 3.99. The second kappa shape index (κ2) is 4.58. The molecule has 3 rings (SSSR count). The van der Waals surface area contributed by atoms with Crippen molar-refractivity contribution in [3.05, 3.63) is 29.0 Å². The van der Waals surface area contributed by atoms with Gasteiger partial charge in [0.25, 0.3) is 0 Å². The predicted molar refractivity (Wildman–Crippen MR) is 69.9 cm³/mol. The molecule has 2 fully saturated rings. The van der Waals surface area contributed by atoms with Crippen LogP contribution in [-0.4, -0.2) is 11.0 Å². The Morgan fingerprint density at radius 1 is 1.41 bits per heavy atom. The molecular weight excluding hydrogens is 232 g/mol. The third kappa shape index (κ3) is 2.21. The van der Waals surface area contributed by atoms with Gasteiger partial charge in [0, 0.05) is 18.4 Å². The molecule has 0 radical (unpaired) electrons. The van der Waals surface area contributed by atoms with E-state index in [0.717, 1.165) is 34.8 Å². The highest BCUT2D eigenvalue weighted by atomic mass is 35.5. The third-order valence-corrected chi connectivity index (χ3v) is 5.00. The number of aromatic nitrogens is 1. The number of hydrogen-bond donors (Lipinski definition) is 1. The summed E-state index contributed by atoms with van der Waals surface area (Å²) < 4.78 is 0. The standard InChI is InChI=1S/C14H19ClN2/c15-13-8-17-4-3-11(13)7-14(16)12-6-9-1-2-10(12)5-9/h3-4,8-10,12,14H,1-2,5-7,16H2. The Morgan fingerprint density at radius 3 is 2.94 bits per heavy atom. The summed E-state index contributed by atoms with van der Waals surface area (Å²) in [6.07, 6.45) is 10.0. The van der Waals surface area contributed by atoms with E-state index in [0.29, 0.717) is 0 Å². The highest BCUT2D eigenvalue weighted by Crippen LogP contribution is 2.49. The summed E-state index contributed by atoms with van der Waals surface area (Å²) in [5.74, 6) is 2.57. The van der Waals surface area contributed by atoms with Gasteiger partial charge in [-0.15, -0.1) is 0 Å². The van der Waals surface area contributed by atoms with E-state index in [2.05, 4.69) is 4.98 Å². The number of nitrogens with two attached hydrogens (primary N) is 1. The lowest BCUT2D eigenvalue weighted by molar-refractivity contribution is 0.280. The van der Waals surface area contributed by atoms with Crippen LogP contribution in [0, 0.1) is 17.8 Å². The molecule has 1 aromatic heterocycles. The monoisotopic (exact) mass is 250 g/mol. The average molecular weight is 251 g/mol. The minimum absolute atomic E-state index is 0.269. The van der Waals surface area contributed by atoms with Crippen LogP contribution in [-0.2, 0) is 6.42 Å². The van der Waals surface area contributed by atoms with Gasteiger partial charge in [0.15, 0.2) is 0 Å². The number of halogens is 1. The van der Waals surface area contributed by atoms with Gasteiger partial charge in [0.2, 0.25) is 0 Å². The van der Waals surface area contributed by atoms with Gasteiger partial charge in [-0.3, -0.25) is 4.98 Å². The van der Waals surface area contributed by atoms with Crippen LogP contribution in [0.3, 0.4) is 0 Å². The highest BCUT2D eigenvalue weighted by Gasteiger charge is 2.41. The van der Waals surface area contributed by atoms with Crippen molar-refractivity contribution >= 4 is 11.6 Å². The van der Waals surface area contributed by atoms with Crippen molar-refractivity contribution in [3.63, 3.8) is 0 Å². The molecule has 0 saturated heterocycles. The molecule has 2 aliphatic carbocycles. The lowest BCUT2D eigenvalue weighted by atomic mass is 9.81. The first-order chi connectivity index (χ1) is 8.24.